The van der Waals surface area contributed by atoms with Crippen molar-refractivity contribution in [2.45, 2.75) is 20.4 Å². The van der Waals surface area contributed by atoms with Gasteiger partial charge in [-0.3, -0.25) is 4.98 Å². The van der Waals surface area contributed by atoms with Gasteiger partial charge in [0.25, 0.3) is 0 Å². The Labute approximate surface area is 65.4 Å². The molecule has 58 valence electrons. The first-order valence-electron chi connectivity index (χ1n) is 3.45. The topological polar surface area (TPSA) is 42.3 Å². The Morgan fingerprint density at radius 3 is 2.73 bits per heavy atom. The van der Waals surface area contributed by atoms with Gasteiger partial charge in [0.05, 0.1) is 5.69 Å². The van der Waals surface area contributed by atoms with Crippen LogP contribution in [0.3, 0.4) is 0 Å². The van der Waals surface area contributed by atoms with E-state index in [2.05, 4.69) is 10.2 Å². The lowest BCUT2D eigenvalue weighted by molar-refractivity contribution is 0.955. The Morgan fingerprint density at radius 2 is 2.18 bits per heavy atom. The minimum Gasteiger partial charge on any atom is -0.256 e. The number of nitroso groups, excluding NO2 is 1. The van der Waals surface area contributed by atoms with Gasteiger partial charge in [0, 0.05) is 5.69 Å². The van der Waals surface area contributed by atoms with Crippen LogP contribution in [-0.4, -0.2) is 4.98 Å². The van der Waals surface area contributed by atoms with Crippen LogP contribution in [0.4, 0.5) is 0 Å². The molecule has 0 bridgehead atoms. The summed E-state index contributed by atoms with van der Waals surface area (Å²) in [6.45, 7) is 4.05. The number of hydrogen-bond acceptors (Lipinski definition) is 3. The predicted molar refractivity (Wildman–Crippen MR) is 43.2 cm³/mol. The molecular formula is C8H10N2O. The first-order valence-corrected chi connectivity index (χ1v) is 3.45. The molecule has 11 heavy (non-hydrogen) atoms. The molecule has 0 atom stereocenters. The van der Waals surface area contributed by atoms with Crippen LogP contribution in [0, 0.1) is 18.8 Å². The smallest absolute Gasteiger partial charge is 0.123 e. The van der Waals surface area contributed by atoms with Crippen LogP contribution >= 0.6 is 0 Å². The Bertz CT molecular complexity index is 251. The molecule has 0 aromatic carbocycles. The molecule has 0 saturated heterocycles. The largest absolute Gasteiger partial charge is 0.256 e. The van der Waals surface area contributed by atoms with E-state index in [1.54, 1.807) is 0 Å². The fourth-order valence-corrected chi connectivity index (χ4v) is 1.07. The van der Waals surface area contributed by atoms with Gasteiger partial charge in [-0.05, 0) is 31.5 Å². The number of pyridine rings is 1. The summed E-state index contributed by atoms with van der Waals surface area (Å²) in [4.78, 5) is 14.0. The molecule has 1 aromatic heterocycles. The van der Waals surface area contributed by atoms with Crippen molar-refractivity contribution in [3.63, 3.8) is 0 Å². The lowest BCUT2D eigenvalue weighted by Crippen LogP contribution is -1.91. The Morgan fingerprint density at radius 1 is 1.45 bits per heavy atom. The van der Waals surface area contributed by atoms with Crippen LogP contribution in [0.15, 0.2) is 17.3 Å². The lowest BCUT2D eigenvalue weighted by atomic mass is 10.2. The molecule has 0 saturated carbocycles. The maximum absolute atomic E-state index is 9.91. The molecule has 3 nitrogen and oxygen atoms in total. The summed E-state index contributed by atoms with van der Waals surface area (Å²) in [6, 6.07) is 3.84. The van der Waals surface area contributed by atoms with Gasteiger partial charge in [-0.15, -0.1) is 0 Å². The highest BCUT2D eigenvalue weighted by molar-refractivity contribution is 5.19. The van der Waals surface area contributed by atoms with Gasteiger partial charge in [0.15, 0.2) is 0 Å². The van der Waals surface area contributed by atoms with Crippen LogP contribution in [0.5, 0.6) is 0 Å². The van der Waals surface area contributed by atoms with Crippen molar-refractivity contribution >= 4 is 0 Å². The van der Waals surface area contributed by atoms with E-state index < -0.39 is 0 Å². The maximum atomic E-state index is 9.91. The van der Waals surface area contributed by atoms with Crippen molar-refractivity contribution in [3.05, 3.63) is 34.0 Å². The molecule has 1 aromatic rings. The minimum absolute atomic E-state index is 0.169. The molecule has 3 heteroatoms. The second kappa shape index (κ2) is 3.23. The highest BCUT2D eigenvalue weighted by Gasteiger charge is 1.95. The molecule has 0 N–H and O–H groups in total. The molecule has 1 heterocycles. The van der Waals surface area contributed by atoms with Gasteiger partial charge in [0.2, 0.25) is 0 Å². The average Bonchev–Trinajstić information content (AvgIpc) is 1.85. The third-order valence-corrected chi connectivity index (χ3v) is 1.38. The first-order chi connectivity index (χ1) is 5.22. The maximum Gasteiger partial charge on any atom is 0.123 e. The molecule has 1 rings (SSSR count). The highest BCUT2D eigenvalue weighted by atomic mass is 16.3. The van der Waals surface area contributed by atoms with Crippen molar-refractivity contribution in [1.82, 2.24) is 4.98 Å². The number of rotatable bonds is 2. The Kier molecular flexibility index (Phi) is 2.31. The van der Waals surface area contributed by atoms with E-state index in [9.17, 15) is 4.91 Å². The van der Waals surface area contributed by atoms with Crippen molar-refractivity contribution in [2.24, 2.45) is 5.18 Å². The normalized spacial score (nSPS) is 9.64. The fourth-order valence-electron chi connectivity index (χ4n) is 1.07. The van der Waals surface area contributed by atoms with Gasteiger partial charge in [0.1, 0.15) is 6.54 Å². The summed E-state index contributed by atoms with van der Waals surface area (Å²) < 4.78 is 0. The predicted octanol–water partition coefficient (Wildman–Crippen LogP) is 1.96. The third kappa shape index (κ3) is 2.11. The fraction of sp³-hybridized carbons (Fsp3) is 0.375. The second-order valence-electron chi connectivity index (χ2n) is 2.56. The summed E-state index contributed by atoms with van der Waals surface area (Å²) in [5.41, 5.74) is 2.80. The van der Waals surface area contributed by atoms with Gasteiger partial charge >= 0.3 is 0 Å². The Hall–Kier alpha value is -1.25. The SMILES string of the molecule is Cc1cc(C)nc(CN=O)c1. The summed E-state index contributed by atoms with van der Waals surface area (Å²) in [6.07, 6.45) is 0. The molecule has 0 spiro atoms. The zero-order chi connectivity index (χ0) is 8.27. The van der Waals surface area contributed by atoms with E-state index in [1.807, 2.05) is 26.0 Å². The van der Waals surface area contributed by atoms with E-state index in [0.717, 1.165) is 17.0 Å². The third-order valence-electron chi connectivity index (χ3n) is 1.38. The van der Waals surface area contributed by atoms with E-state index >= 15 is 0 Å². The molecule has 0 aliphatic carbocycles. The summed E-state index contributed by atoms with van der Waals surface area (Å²) in [5.74, 6) is 0. The standard InChI is InChI=1S/C8H10N2O/c1-6-3-7(2)10-8(4-6)5-9-11/h3-4H,5H2,1-2H3. The van der Waals surface area contributed by atoms with Crippen LogP contribution in [0.2, 0.25) is 0 Å². The molecule has 0 unspecified atom stereocenters. The second-order valence-corrected chi connectivity index (χ2v) is 2.56. The number of hydrogen-bond donors (Lipinski definition) is 0. The Balaban J connectivity index is 2.98. The van der Waals surface area contributed by atoms with Gasteiger partial charge in [-0.2, -0.15) is 4.91 Å². The quantitative estimate of drug-likeness (QED) is 0.605. The molecule has 0 radical (unpaired) electrons. The molecular weight excluding hydrogens is 140 g/mol. The zero-order valence-corrected chi connectivity index (χ0v) is 6.66. The lowest BCUT2D eigenvalue weighted by Gasteiger charge is -1.98. The molecule has 0 aliphatic rings. The van der Waals surface area contributed by atoms with E-state index in [4.69, 9.17) is 0 Å². The highest BCUT2D eigenvalue weighted by Crippen LogP contribution is 2.04. The van der Waals surface area contributed by atoms with Crippen LogP contribution in [-0.2, 0) is 6.54 Å². The van der Waals surface area contributed by atoms with Gasteiger partial charge in [-0.1, -0.05) is 5.18 Å². The zero-order valence-electron chi connectivity index (χ0n) is 6.66. The van der Waals surface area contributed by atoms with Crippen LogP contribution < -0.4 is 0 Å². The van der Waals surface area contributed by atoms with Gasteiger partial charge in [-0.25, -0.2) is 0 Å². The van der Waals surface area contributed by atoms with Crippen molar-refractivity contribution in [3.8, 4) is 0 Å². The van der Waals surface area contributed by atoms with Crippen LogP contribution in [0.25, 0.3) is 0 Å². The number of nitrogens with zero attached hydrogens (tertiary/aromatic N) is 2. The summed E-state index contributed by atoms with van der Waals surface area (Å²) >= 11 is 0. The van der Waals surface area contributed by atoms with Crippen molar-refractivity contribution in [2.75, 3.05) is 0 Å². The number of aryl methyl sites for hydroxylation is 2. The summed E-state index contributed by atoms with van der Waals surface area (Å²) in [7, 11) is 0. The van der Waals surface area contributed by atoms with Crippen molar-refractivity contribution in [1.29, 1.82) is 0 Å². The molecule has 0 amide bonds. The number of aromatic nitrogens is 1. The summed E-state index contributed by atoms with van der Waals surface area (Å²) in [5, 5.41) is 2.78. The molecule has 0 aliphatic heterocycles. The van der Waals surface area contributed by atoms with Crippen LogP contribution in [0.1, 0.15) is 17.0 Å². The van der Waals surface area contributed by atoms with E-state index in [0.29, 0.717) is 0 Å². The van der Waals surface area contributed by atoms with Crippen molar-refractivity contribution < 1.29 is 0 Å². The average molecular weight is 150 g/mol. The van der Waals surface area contributed by atoms with E-state index in [-0.39, 0.29) is 6.54 Å². The monoisotopic (exact) mass is 150 g/mol. The van der Waals surface area contributed by atoms with Gasteiger partial charge < -0.3 is 0 Å². The minimum atomic E-state index is 0.169. The van der Waals surface area contributed by atoms with E-state index in [1.165, 1.54) is 0 Å². The first kappa shape index (κ1) is 7.85. The molecule has 0 fully saturated rings.